The van der Waals surface area contributed by atoms with Gasteiger partial charge in [0.2, 0.25) is 5.95 Å². The van der Waals surface area contributed by atoms with Gasteiger partial charge in [-0.25, -0.2) is 4.98 Å². The van der Waals surface area contributed by atoms with E-state index in [0.717, 1.165) is 80.5 Å². The lowest BCUT2D eigenvalue weighted by molar-refractivity contribution is 0.144. The molecule has 0 amide bonds. The molecule has 0 atom stereocenters. The summed E-state index contributed by atoms with van der Waals surface area (Å²) >= 11 is 0. The minimum absolute atomic E-state index is 0.0204. The van der Waals surface area contributed by atoms with E-state index >= 15 is 0 Å². The van der Waals surface area contributed by atoms with E-state index in [0.29, 0.717) is 25.4 Å². The monoisotopic (exact) mass is 428 g/mol. The molecule has 31 heavy (non-hydrogen) atoms. The molecule has 0 unspecified atom stereocenters. The van der Waals surface area contributed by atoms with E-state index in [1.54, 1.807) is 14.2 Å². The van der Waals surface area contributed by atoms with Crippen LogP contribution in [0.1, 0.15) is 29.7 Å². The summed E-state index contributed by atoms with van der Waals surface area (Å²) in [6, 6.07) is 6.04. The molecule has 0 bridgehead atoms. The predicted octanol–water partition coefficient (Wildman–Crippen LogP) is 2.00. The fraction of sp³-hybridized carbons (Fsp3) is 0.565. The second-order valence-corrected chi connectivity index (χ2v) is 8.11. The molecule has 8 nitrogen and oxygen atoms in total. The van der Waals surface area contributed by atoms with Gasteiger partial charge in [0.15, 0.2) is 11.5 Å². The second-order valence-electron chi connectivity index (χ2n) is 8.11. The number of nitrogens with one attached hydrogen (secondary N) is 1. The van der Waals surface area contributed by atoms with E-state index in [1.165, 1.54) is 0 Å². The number of benzene rings is 1. The molecule has 0 aliphatic carbocycles. The van der Waals surface area contributed by atoms with Crippen LogP contribution < -0.4 is 19.9 Å². The molecule has 0 spiro atoms. The second kappa shape index (κ2) is 10.2. The van der Waals surface area contributed by atoms with Crippen LogP contribution in [0.5, 0.6) is 11.5 Å². The predicted molar refractivity (Wildman–Crippen MR) is 119 cm³/mol. The first-order valence-electron chi connectivity index (χ1n) is 11.1. The normalized spacial score (nSPS) is 16.8. The molecular weight excluding hydrogens is 396 g/mol. The van der Waals surface area contributed by atoms with Gasteiger partial charge in [0.1, 0.15) is 6.61 Å². The van der Waals surface area contributed by atoms with Gasteiger partial charge >= 0.3 is 0 Å². The molecule has 3 heterocycles. The summed E-state index contributed by atoms with van der Waals surface area (Å²) in [6.07, 6.45) is 3.82. The molecular formula is C23H32N4O4. The molecule has 0 radical (unpaired) electrons. The maximum absolute atomic E-state index is 12.7. The Morgan fingerprint density at radius 2 is 1.84 bits per heavy atom. The zero-order valence-corrected chi connectivity index (χ0v) is 18.5. The summed E-state index contributed by atoms with van der Waals surface area (Å²) in [5, 5.41) is 0. The average Bonchev–Trinajstić information content (AvgIpc) is 3.24. The minimum atomic E-state index is 0.0204. The van der Waals surface area contributed by atoms with Gasteiger partial charge < -0.3 is 19.1 Å². The van der Waals surface area contributed by atoms with Gasteiger partial charge in [-0.15, -0.1) is 0 Å². The standard InChI is InChI=1S/C23H32N4O4/c1-29-13-14-31-21-15-17(5-6-20(21)30-2)16-26-11-7-18-19(8-12-26)24-23(25-22(18)28)27-9-3-4-10-27/h5-6,15H,3-4,7-14,16H2,1-2H3,(H,24,25,28). The molecule has 1 aromatic heterocycles. The Bertz CT molecular complexity index is 940. The smallest absolute Gasteiger partial charge is 0.255 e. The summed E-state index contributed by atoms with van der Waals surface area (Å²) in [6.45, 7) is 5.43. The number of H-pyrrole nitrogens is 1. The third-order valence-corrected chi connectivity index (χ3v) is 6.02. The van der Waals surface area contributed by atoms with Gasteiger partial charge in [-0.1, -0.05) is 6.07 Å². The van der Waals surface area contributed by atoms with Gasteiger partial charge in [-0.05, 0) is 37.0 Å². The molecule has 0 saturated carbocycles. The van der Waals surface area contributed by atoms with Gasteiger partial charge in [0.25, 0.3) is 5.56 Å². The fourth-order valence-electron chi connectivity index (χ4n) is 4.30. The van der Waals surface area contributed by atoms with E-state index in [4.69, 9.17) is 19.2 Å². The molecule has 1 fully saturated rings. The van der Waals surface area contributed by atoms with Crippen molar-refractivity contribution in [2.45, 2.75) is 32.2 Å². The first-order chi connectivity index (χ1) is 15.2. The van der Waals surface area contributed by atoms with Crippen molar-refractivity contribution in [1.82, 2.24) is 14.9 Å². The lowest BCUT2D eigenvalue weighted by Crippen LogP contribution is -2.27. The van der Waals surface area contributed by atoms with Crippen LogP contribution in [0, 0.1) is 0 Å². The molecule has 2 aliphatic heterocycles. The Morgan fingerprint density at radius 1 is 1.03 bits per heavy atom. The number of aromatic nitrogens is 2. The van der Waals surface area contributed by atoms with E-state index < -0.39 is 0 Å². The highest BCUT2D eigenvalue weighted by Crippen LogP contribution is 2.29. The highest BCUT2D eigenvalue weighted by molar-refractivity contribution is 5.43. The molecule has 1 saturated heterocycles. The van der Waals surface area contributed by atoms with Crippen molar-refractivity contribution in [3.63, 3.8) is 0 Å². The summed E-state index contributed by atoms with van der Waals surface area (Å²) in [5.74, 6) is 2.18. The van der Waals surface area contributed by atoms with Gasteiger partial charge in [0, 0.05) is 51.8 Å². The van der Waals surface area contributed by atoms with Crippen LogP contribution >= 0.6 is 0 Å². The Kier molecular flexibility index (Phi) is 7.09. The maximum Gasteiger partial charge on any atom is 0.255 e. The van der Waals surface area contributed by atoms with E-state index in [-0.39, 0.29) is 5.56 Å². The van der Waals surface area contributed by atoms with Gasteiger partial charge in [-0.3, -0.25) is 14.7 Å². The van der Waals surface area contributed by atoms with Crippen LogP contribution in [0.15, 0.2) is 23.0 Å². The molecule has 1 N–H and O–H groups in total. The number of anilines is 1. The van der Waals surface area contributed by atoms with Crippen LogP contribution in [-0.2, 0) is 24.1 Å². The van der Waals surface area contributed by atoms with Crippen molar-refractivity contribution in [1.29, 1.82) is 0 Å². The fourth-order valence-corrected chi connectivity index (χ4v) is 4.30. The zero-order chi connectivity index (χ0) is 21.6. The van der Waals surface area contributed by atoms with Crippen molar-refractivity contribution < 1.29 is 14.2 Å². The van der Waals surface area contributed by atoms with E-state index in [9.17, 15) is 4.79 Å². The summed E-state index contributed by atoms with van der Waals surface area (Å²) in [7, 11) is 3.30. The molecule has 1 aromatic carbocycles. The number of rotatable bonds is 8. The Morgan fingerprint density at radius 3 is 2.61 bits per heavy atom. The summed E-state index contributed by atoms with van der Waals surface area (Å²) in [4.78, 5) is 25.1. The first kappa shape index (κ1) is 21.6. The maximum atomic E-state index is 12.7. The van der Waals surface area contributed by atoms with E-state index in [1.807, 2.05) is 12.1 Å². The molecule has 8 heteroatoms. The number of fused-ring (bicyclic) bond motifs is 1. The Labute approximate surface area is 183 Å². The van der Waals surface area contributed by atoms with Crippen LogP contribution in [0.4, 0.5) is 5.95 Å². The van der Waals surface area contributed by atoms with Crippen LogP contribution in [0.2, 0.25) is 0 Å². The van der Waals surface area contributed by atoms with Crippen molar-refractivity contribution in [2.24, 2.45) is 0 Å². The van der Waals surface area contributed by atoms with Crippen LogP contribution in [0.3, 0.4) is 0 Å². The lowest BCUT2D eigenvalue weighted by Gasteiger charge is -2.20. The number of nitrogens with zero attached hydrogens (tertiary/aromatic N) is 3. The quantitative estimate of drug-likeness (QED) is 0.644. The first-order valence-corrected chi connectivity index (χ1v) is 11.1. The van der Waals surface area contributed by atoms with Gasteiger partial charge in [0.05, 0.1) is 19.4 Å². The highest BCUT2D eigenvalue weighted by Gasteiger charge is 2.22. The highest BCUT2D eigenvalue weighted by atomic mass is 16.5. The number of hydrogen-bond acceptors (Lipinski definition) is 7. The van der Waals surface area contributed by atoms with E-state index in [2.05, 4.69) is 20.9 Å². The average molecular weight is 429 g/mol. The van der Waals surface area contributed by atoms with Crippen LogP contribution in [-0.4, -0.2) is 68.5 Å². The lowest BCUT2D eigenvalue weighted by atomic mass is 10.1. The Hall–Kier alpha value is -2.58. The minimum Gasteiger partial charge on any atom is -0.493 e. The number of ether oxygens (including phenoxy) is 3. The van der Waals surface area contributed by atoms with Crippen molar-refractivity contribution in [2.75, 3.05) is 58.5 Å². The number of aromatic amines is 1. The van der Waals surface area contributed by atoms with Crippen molar-refractivity contribution in [3.8, 4) is 11.5 Å². The molecule has 2 aliphatic rings. The SMILES string of the molecule is COCCOc1cc(CN2CCc3nc(N4CCCC4)[nH]c(=O)c3CC2)ccc1OC. The topological polar surface area (TPSA) is 79.9 Å². The summed E-state index contributed by atoms with van der Waals surface area (Å²) in [5.41, 5.74) is 2.96. The Balaban J connectivity index is 1.44. The largest absolute Gasteiger partial charge is 0.493 e. The van der Waals surface area contributed by atoms with Crippen LogP contribution in [0.25, 0.3) is 0 Å². The third kappa shape index (κ3) is 5.19. The van der Waals surface area contributed by atoms with Gasteiger partial charge in [-0.2, -0.15) is 0 Å². The zero-order valence-electron chi connectivity index (χ0n) is 18.5. The number of methoxy groups -OCH3 is 2. The number of hydrogen-bond donors (Lipinski definition) is 1. The van der Waals surface area contributed by atoms with Crippen molar-refractivity contribution >= 4 is 5.95 Å². The van der Waals surface area contributed by atoms with Crippen molar-refractivity contribution in [3.05, 3.63) is 45.4 Å². The molecule has 2 aromatic rings. The molecule has 4 rings (SSSR count). The third-order valence-electron chi connectivity index (χ3n) is 6.02. The molecule has 168 valence electrons. The summed E-state index contributed by atoms with van der Waals surface area (Å²) < 4.78 is 16.3.